The second-order valence-corrected chi connectivity index (χ2v) is 11.8. The van der Waals surface area contributed by atoms with E-state index >= 15 is 0 Å². The number of aliphatic hydroxyl groups excluding tert-OH is 1. The van der Waals surface area contributed by atoms with E-state index < -0.39 is 61.1 Å². The van der Waals surface area contributed by atoms with Crippen molar-refractivity contribution in [1.82, 2.24) is 4.31 Å². The van der Waals surface area contributed by atoms with Gasteiger partial charge in [-0.05, 0) is 36.4 Å². The number of sulfone groups is 1. The summed E-state index contributed by atoms with van der Waals surface area (Å²) in [6, 6.07) is 7.70. The Morgan fingerprint density at radius 1 is 1.19 bits per heavy atom. The number of benzene rings is 2. The normalized spacial score (nSPS) is 22.4. The van der Waals surface area contributed by atoms with Gasteiger partial charge in [-0.3, -0.25) is 0 Å². The van der Waals surface area contributed by atoms with Crippen LogP contribution in [0.1, 0.15) is 5.56 Å². The van der Waals surface area contributed by atoms with E-state index in [1.54, 1.807) is 6.07 Å². The fourth-order valence-corrected chi connectivity index (χ4v) is 7.61. The van der Waals surface area contributed by atoms with Crippen molar-refractivity contribution in [2.45, 2.75) is 20.6 Å². The van der Waals surface area contributed by atoms with E-state index in [1.165, 1.54) is 12.1 Å². The fraction of sp³-hybridized carbons (Fsp3) is 0.278. The first kappa shape index (κ1) is 23.9. The van der Waals surface area contributed by atoms with E-state index in [4.69, 9.17) is 28.5 Å². The van der Waals surface area contributed by atoms with Crippen molar-refractivity contribution in [3.8, 4) is 6.07 Å². The zero-order valence-electron chi connectivity index (χ0n) is 15.5. The molecule has 2 N–H and O–H groups in total. The molecule has 166 valence electrons. The molecule has 31 heavy (non-hydrogen) atoms. The molecule has 0 amide bonds. The van der Waals surface area contributed by atoms with E-state index in [0.29, 0.717) is 10.4 Å². The van der Waals surface area contributed by atoms with Crippen LogP contribution >= 0.6 is 23.2 Å². The molecule has 1 saturated heterocycles. The Morgan fingerprint density at radius 3 is 2.42 bits per heavy atom. The van der Waals surface area contributed by atoms with Gasteiger partial charge in [0.1, 0.15) is 27.6 Å². The molecule has 2 atom stereocenters. The largest absolute Gasteiger partial charge is 0.393 e. The van der Waals surface area contributed by atoms with E-state index in [2.05, 4.69) is 0 Å². The SMILES string of the molecule is N#Cc1ccc(S(=O)(=O)[C@H]2CN(S(=O)(=O)c3ccc(Cl)cc3Cl)C[C@]2(O)CO)cc1F. The minimum absolute atomic E-state index is 0.181. The molecule has 0 bridgehead atoms. The molecule has 1 aliphatic heterocycles. The van der Waals surface area contributed by atoms with Crippen LogP contribution in [-0.4, -0.2) is 61.9 Å². The number of sulfonamides is 1. The Balaban J connectivity index is 2.04. The first-order chi connectivity index (χ1) is 14.4. The lowest BCUT2D eigenvalue weighted by atomic mass is 10.1. The van der Waals surface area contributed by atoms with Crippen molar-refractivity contribution < 1.29 is 31.4 Å². The van der Waals surface area contributed by atoms with Gasteiger partial charge in [0.25, 0.3) is 0 Å². The van der Waals surface area contributed by atoms with Crippen molar-refractivity contribution in [3.63, 3.8) is 0 Å². The summed E-state index contributed by atoms with van der Waals surface area (Å²) in [5.74, 6) is -1.09. The van der Waals surface area contributed by atoms with Crippen LogP contribution in [0.25, 0.3) is 0 Å². The van der Waals surface area contributed by atoms with Gasteiger partial charge >= 0.3 is 0 Å². The smallest absolute Gasteiger partial charge is 0.244 e. The lowest BCUT2D eigenvalue weighted by Gasteiger charge is -2.26. The highest BCUT2D eigenvalue weighted by Crippen LogP contribution is 2.36. The molecular formula is C18H15Cl2FN2O6S2. The molecule has 0 unspecified atom stereocenters. The van der Waals surface area contributed by atoms with Crippen molar-refractivity contribution in [3.05, 3.63) is 57.8 Å². The minimum atomic E-state index is -4.52. The van der Waals surface area contributed by atoms with Crippen LogP contribution in [-0.2, 0) is 19.9 Å². The summed E-state index contributed by atoms with van der Waals surface area (Å²) in [7, 11) is -8.89. The summed E-state index contributed by atoms with van der Waals surface area (Å²) in [5.41, 5.74) is -2.75. The van der Waals surface area contributed by atoms with Gasteiger partial charge in [0.2, 0.25) is 10.0 Å². The van der Waals surface area contributed by atoms with E-state index in [1.807, 2.05) is 0 Å². The van der Waals surface area contributed by atoms with Crippen molar-refractivity contribution in [1.29, 1.82) is 5.26 Å². The average Bonchev–Trinajstić information content (AvgIpc) is 3.07. The third-order valence-corrected chi connectivity index (χ3v) is 9.75. The molecule has 0 spiro atoms. The second-order valence-electron chi connectivity index (χ2n) is 6.92. The first-order valence-electron chi connectivity index (χ1n) is 8.59. The number of aliphatic hydroxyl groups is 2. The van der Waals surface area contributed by atoms with Crippen molar-refractivity contribution in [2.75, 3.05) is 19.7 Å². The monoisotopic (exact) mass is 508 g/mol. The van der Waals surface area contributed by atoms with Crippen molar-refractivity contribution in [2.24, 2.45) is 0 Å². The maximum absolute atomic E-state index is 14.0. The molecule has 0 radical (unpaired) electrons. The highest BCUT2D eigenvalue weighted by molar-refractivity contribution is 7.92. The van der Waals surface area contributed by atoms with Gasteiger partial charge in [0.15, 0.2) is 9.84 Å². The first-order valence-corrected chi connectivity index (χ1v) is 12.3. The number of hydrogen-bond acceptors (Lipinski definition) is 7. The van der Waals surface area contributed by atoms with Crippen LogP contribution in [0.4, 0.5) is 4.39 Å². The summed E-state index contributed by atoms with van der Waals surface area (Å²) < 4.78 is 66.9. The molecule has 2 aromatic rings. The van der Waals surface area contributed by atoms with Crippen LogP contribution < -0.4 is 0 Å². The quantitative estimate of drug-likeness (QED) is 0.625. The van der Waals surface area contributed by atoms with Crippen molar-refractivity contribution >= 4 is 43.1 Å². The molecule has 1 aliphatic rings. The third-order valence-electron chi connectivity index (χ3n) is 4.97. The predicted molar refractivity (Wildman–Crippen MR) is 109 cm³/mol. The predicted octanol–water partition coefficient (Wildman–Crippen LogP) is 1.57. The molecule has 3 rings (SSSR count). The molecular weight excluding hydrogens is 494 g/mol. The molecule has 0 aliphatic carbocycles. The molecule has 13 heteroatoms. The van der Waals surface area contributed by atoms with Gasteiger partial charge < -0.3 is 10.2 Å². The number of hydrogen-bond donors (Lipinski definition) is 2. The molecule has 1 fully saturated rings. The molecule has 0 aromatic heterocycles. The zero-order chi connectivity index (χ0) is 23.2. The topological polar surface area (TPSA) is 136 Å². The van der Waals surface area contributed by atoms with E-state index in [0.717, 1.165) is 18.2 Å². The van der Waals surface area contributed by atoms with Gasteiger partial charge in [-0.2, -0.15) is 9.57 Å². The number of nitrogens with zero attached hydrogens (tertiary/aromatic N) is 2. The summed E-state index contributed by atoms with van der Waals surface area (Å²) in [6.45, 7) is -2.54. The van der Waals surface area contributed by atoms with Gasteiger partial charge in [0.05, 0.1) is 22.1 Å². The Labute approximate surface area is 188 Å². The van der Waals surface area contributed by atoms with Gasteiger partial charge in [-0.25, -0.2) is 21.2 Å². The molecule has 8 nitrogen and oxygen atoms in total. The van der Waals surface area contributed by atoms with Crippen LogP contribution in [0.2, 0.25) is 10.0 Å². The molecule has 2 aromatic carbocycles. The average molecular weight is 509 g/mol. The number of halogens is 3. The Kier molecular flexibility index (Phi) is 6.38. The number of β-amino-alcohol motifs (C(OH)–C–C–N with tert-alkyl or cyclic N) is 1. The van der Waals surface area contributed by atoms with Crippen LogP contribution in [0.3, 0.4) is 0 Å². The lowest BCUT2D eigenvalue weighted by molar-refractivity contribution is 0.00159. The van der Waals surface area contributed by atoms with E-state index in [-0.39, 0.29) is 20.5 Å². The van der Waals surface area contributed by atoms with Crippen LogP contribution in [0.5, 0.6) is 0 Å². The number of rotatable bonds is 5. The Morgan fingerprint density at radius 2 is 1.87 bits per heavy atom. The Hall–Kier alpha value is -1.78. The maximum Gasteiger partial charge on any atom is 0.244 e. The van der Waals surface area contributed by atoms with Gasteiger partial charge in [0, 0.05) is 18.1 Å². The summed E-state index contributed by atoms with van der Waals surface area (Å²) in [5, 5.41) is 27.5. The highest BCUT2D eigenvalue weighted by Gasteiger charge is 2.55. The Bertz CT molecular complexity index is 1300. The van der Waals surface area contributed by atoms with Crippen LogP contribution in [0, 0.1) is 17.1 Å². The lowest BCUT2D eigenvalue weighted by Crippen LogP contribution is -2.49. The van der Waals surface area contributed by atoms with E-state index in [9.17, 15) is 31.4 Å². The zero-order valence-corrected chi connectivity index (χ0v) is 18.7. The third kappa shape index (κ3) is 4.17. The molecule has 0 saturated carbocycles. The van der Waals surface area contributed by atoms with Gasteiger partial charge in [-0.1, -0.05) is 23.2 Å². The fourth-order valence-electron chi connectivity index (χ4n) is 3.30. The summed E-state index contributed by atoms with van der Waals surface area (Å²) in [6.07, 6.45) is 0. The number of nitriles is 1. The highest BCUT2D eigenvalue weighted by atomic mass is 35.5. The summed E-state index contributed by atoms with van der Waals surface area (Å²) in [4.78, 5) is -0.925. The standard InChI is InChI=1S/C18H15Cl2FN2O6S2/c19-12-2-4-16(14(20)5-12)31(28,29)23-8-17(18(25,9-23)10-24)30(26,27)13-3-1-11(7-22)15(21)6-13/h1-6,17,24-25H,8-10H2/t17-,18-/m0/s1. The summed E-state index contributed by atoms with van der Waals surface area (Å²) >= 11 is 11.8. The van der Waals surface area contributed by atoms with Gasteiger partial charge in [-0.15, -0.1) is 0 Å². The second kappa shape index (κ2) is 8.29. The van der Waals surface area contributed by atoms with Crippen LogP contribution in [0.15, 0.2) is 46.2 Å². The minimum Gasteiger partial charge on any atom is -0.393 e. The maximum atomic E-state index is 14.0. The molecule has 1 heterocycles.